The number of nitrogens with one attached hydrogen (secondary N) is 1. The van der Waals surface area contributed by atoms with Crippen molar-refractivity contribution in [2.24, 2.45) is 0 Å². The second-order valence-corrected chi connectivity index (χ2v) is 1.80. The van der Waals surface area contributed by atoms with Gasteiger partial charge in [-0.2, -0.15) is 4.49 Å². The molecule has 1 N–H and O–H groups in total. The van der Waals surface area contributed by atoms with Gasteiger partial charge in [0, 0.05) is 11.3 Å². The minimum absolute atomic E-state index is 0.589. The Morgan fingerprint density at radius 1 is 1.83 bits per heavy atom. The fraction of sp³-hybridized carbons (Fsp3) is 0. The van der Waals surface area contributed by atoms with Crippen molar-refractivity contribution in [3.05, 3.63) is 0 Å². The minimum atomic E-state index is -2.39. The summed E-state index contributed by atoms with van der Waals surface area (Å²) in [4.78, 5) is 0. The van der Waals surface area contributed by atoms with Crippen LogP contribution in [0.15, 0.2) is 0 Å². The third-order valence-corrected chi connectivity index (χ3v) is 1.01. The molecule has 0 aliphatic carbocycles. The molecule has 0 saturated heterocycles. The summed E-state index contributed by atoms with van der Waals surface area (Å²) in [5, 5.41) is 0. The largest absolute Gasteiger partial charge is 0.759 e. The van der Waals surface area contributed by atoms with Gasteiger partial charge in [-0.3, -0.25) is 8.77 Å². The predicted molar refractivity (Wildman–Crippen MR) is 19.7 cm³/mol. The first-order chi connectivity index (χ1) is 2.77. The first-order valence-electron chi connectivity index (χ1n) is 0.944. The summed E-state index contributed by atoms with van der Waals surface area (Å²) in [6.07, 6.45) is 0. The van der Waals surface area contributed by atoms with E-state index in [1.807, 2.05) is 0 Å². The lowest BCUT2D eigenvalue weighted by atomic mass is 13.9. The van der Waals surface area contributed by atoms with Crippen molar-refractivity contribution < 1.29 is 13.3 Å². The van der Waals surface area contributed by atoms with E-state index < -0.39 is 19.9 Å². The van der Waals surface area contributed by atoms with E-state index in [4.69, 9.17) is 0 Å². The summed E-state index contributed by atoms with van der Waals surface area (Å²) in [6.45, 7) is 0. The highest BCUT2D eigenvalue weighted by Crippen LogP contribution is 1.78. The average molecular weight is 126 g/mol. The topological polar surface area (TPSA) is 69.2 Å². The van der Waals surface area contributed by atoms with E-state index in [2.05, 4.69) is 0 Å². The van der Waals surface area contributed by atoms with Gasteiger partial charge < -0.3 is 4.55 Å². The molecule has 0 spiro atoms. The van der Waals surface area contributed by atoms with Gasteiger partial charge in [-0.05, 0) is 0 Å². The van der Waals surface area contributed by atoms with Crippen LogP contribution in [0.5, 0.6) is 0 Å². The van der Waals surface area contributed by atoms with Crippen LogP contribution < -0.4 is 4.49 Å². The average Bonchev–Trinajstić information content (AvgIpc) is 1.35. The molecule has 0 amide bonds. The van der Waals surface area contributed by atoms with Crippen molar-refractivity contribution in [1.29, 1.82) is 0 Å². The van der Waals surface area contributed by atoms with Crippen molar-refractivity contribution in [1.82, 2.24) is 4.49 Å². The van der Waals surface area contributed by atoms with Crippen molar-refractivity contribution in [3.63, 3.8) is 0 Å². The molecule has 0 fully saturated rings. The molecular formula is HNO3PS-. The zero-order chi connectivity index (χ0) is 4.99. The van der Waals surface area contributed by atoms with Crippen LogP contribution in [0.3, 0.4) is 0 Å². The van der Waals surface area contributed by atoms with Crippen molar-refractivity contribution in [3.8, 4) is 0 Å². The van der Waals surface area contributed by atoms with Crippen LogP contribution in [-0.4, -0.2) is 8.76 Å². The molecule has 0 aromatic rings. The molecule has 0 aliphatic heterocycles. The normalized spacial score (nSPS) is 14.8. The minimum Gasteiger partial charge on any atom is -0.759 e. The second-order valence-electron chi connectivity index (χ2n) is 0.417. The first kappa shape index (κ1) is 6.17. The molecule has 6 heteroatoms. The lowest BCUT2D eigenvalue weighted by Gasteiger charge is -1.93. The molecule has 0 aliphatic rings. The highest BCUT2D eigenvalue weighted by Gasteiger charge is 1.69. The Kier molecular flexibility index (Phi) is 3.46. The molecule has 0 radical (unpaired) electrons. The molecule has 1 unspecified atom stereocenters. The summed E-state index contributed by atoms with van der Waals surface area (Å²) in [5.41, 5.74) is 0. The van der Waals surface area contributed by atoms with E-state index in [0.29, 0.717) is 0 Å². The number of hydrogen-bond acceptors (Lipinski definition) is 3. The standard InChI is InChI=1S/H2NO3PS/c2-5-1-6(3)4/h(H,1,2)(H,3,4)/p-1. The van der Waals surface area contributed by atoms with Crippen LogP contribution in [0.2, 0.25) is 0 Å². The molecule has 0 heterocycles. The Labute approximate surface area is 38.6 Å². The highest BCUT2D eigenvalue weighted by molar-refractivity contribution is 7.81. The van der Waals surface area contributed by atoms with E-state index in [9.17, 15) is 13.3 Å². The van der Waals surface area contributed by atoms with Crippen molar-refractivity contribution in [2.45, 2.75) is 0 Å². The van der Waals surface area contributed by atoms with Gasteiger partial charge in [-0.15, -0.1) is 0 Å². The van der Waals surface area contributed by atoms with E-state index in [-0.39, 0.29) is 0 Å². The van der Waals surface area contributed by atoms with Gasteiger partial charge in [-0.25, -0.2) is 0 Å². The Morgan fingerprint density at radius 3 is 2.33 bits per heavy atom. The molecule has 0 rings (SSSR count). The molecule has 0 saturated carbocycles. The quantitative estimate of drug-likeness (QED) is 0.403. The molecule has 36 valence electrons. The van der Waals surface area contributed by atoms with Crippen LogP contribution in [-0.2, 0) is 15.8 Å². The van der Waals surface area contributed by atoms with Crippen LogP contribution in [0.25, 0.3) is 0 Å². The fourth-order valence-electron chi connectivity index (χ4n) is 0.0304. The smallest absolute Gasteiger partial charge is 0.257 e. The SMILES string of the molecule is O=PNS(=O)[O-]. The summed E-state index contributed by atoms with van der Waals surface area (Å²) < 4.78 is 29.3. The van der Waals surface area contributed by atoms with Crippen molar-refractivity contribution >= 4 is 19.9 Å². The van der Waals surface area contributed by atoms with E-state index in [1.165, 1.54) is 0 Å². The summed E-state index contributed by atoms with van der Waals surface area (Å²) in [5.74, 6) is 0. The molecule has 0 aromatic carbocycles. The van der Waals surface area contributed by atoms with Gasteiger partial charge in [0.05, 0.1) is 0 Å². The van der Waals surface area contributed by atoms with Gasteiger partial charge in [0.2, 0.25) is 0 Å². The summed E-state index contributed by atoms with van der Waals surface area (Å²) in [7, 11) is -0.589. The Morgan fingerprint density at radius 2 is 2.33 bits per heavy atom. The molecule has 6 heavy (non-hydrogen) atoms. The van der Waals surface area contributed by atoms with E-state index >= 15 is 0 Å². The predicted octanol–water partition coefficient (Wildman–Crippen LogP) is -0.423. The Bertz CT molecular complexity index is 71.2. The second kappa shape index (κ2) is 3.36. The maximum Gasteiger partial charge on any atom is 0.257 e. The Hall–Kier alpha value is 0.170. The summed E-state index contributed by atoms with van der Waals surface area (Å²) >= 11 is -2.39. The molecular weight excluding hydrogens is 125 g/mol. The third kappa shape index (κ3) is 4.17. The number of hydrogen-bond donors (Lipinski definition) is 1. The van der Waals surface area contributed by atoms with Crippen LogP contribution in [0, 0.1) is 0 Å². The monoisotopic (exact) mass is 126 g/mol. The molecule has 0 aromatic heterocycles. The fourth-order valence-corrected chi connectivity index (χ4v) is 0.274. The molecule has 4 nitrogen and oxygen atoms in total. The van der Waals surface area contributed by atoms with Crippen molar-refractivity contribution in [2.75, 3.05) is 0 Å². The Balaban J connectivity index is 3.05. The number of rotatable bonds is 2. The van der Waals surface area contributed by atoms with Gasteiger partial charge in [0.25, 0.3) is 8.61 Å². The first-order valence-corrected chi connectivity index (χ1v) is 2.83. The van der Waals surface area contributed by atoms with Gasteiger partial charge in [0.1, 0.15) is 0 Å². The highest BCUT2D eigenvalue weighted by atomic mass is 32.2. The van der Waals surface area contributed by atoms with Crippen LogP contribution >= 0.6 is 8.61 Å². The third-order valence-electron chi connectivity index (χ3n) is 0.112. The zero-order valence-corrected chi connectivity index (χ0v) is 4.29. The maximum absolute atomic E-state index is 9.28. The lowest BCUT2D eigenvalue weighted by molar-refractivity contribution is 0.532. The van der Waals surface area contributed by atoms with Crippen LogP contribution in [0.4, 0.5) is 0 Å². The maximum atomic E-state index is 9.28. The van der Waals surface area contributed by atoms with Gasteiger partial charge in [-0.1, -0.05) is 0 Å². The lowest BCUT2D eigenvalue weighted by Crippen LogP contribution is -2.00. The zero-order valence-electron chi connectivity index (χ0n) is 2.58. The van der Waals surface area contributed by atoms with Crippen LogP contribution in [0.1, 0.15) is 0 Å². The molecule has 0 bridgehead atoms. The van der Waals surface area contributed by atoms with E-state index in [1.54, 1.807) is 4.49 Å². The molecule has 1 atom stereocenters. The van der Waals surface area contributed by atoms with E-state index in [0.717, 1.165) is 0 Å². The van der Waals surface area contributed by atoms with Gasteiger partial charge in [0.15, 0.2) is 0 Å². The summed E-state index contributed by atoms with van der Waals surface area (Å²) in [6, 6.07) is 0. The van der Waals surface area contributed by atoms with Gasteiger partial charge >= 0.3 is 0 Å².